The number of hydrogen-bond acceptors (Lipinski definition) is 5. The van der Waals surface area contributed by atoms with Crippen LogP contribution in [0, 0.1) is 17.0 Å². The van der Waals surface area contributed by atoms with E-state index in [4.69, 9.17) is 0 Å². The molecule has 8 heteroatoms. The van der Waals surface area contributed by atoms with Crippen LogP contribution in [0.25, 0.3) is 11.3 Å². The number of rotatable bonds is 7. The fraction of sp³-hybridized carbons (Fsp3) is 0.190. The number of anilines is 1. The smallest absolute Gasteiger partial charge is 0.293 e. The molecule has 0 aliphatic heterocycles. The zero-order chi connectivity index (χ0) is 20.8. The minimum Gasteiger partial charge on any atom is -0.320 e. The Balaban J connectivity index is 1.64. The molecule has 1 amide bonds. The summed E-state index contributed by atoms with van der Waals surface area (Å²) < 4.78 is 1.33. The van der Waals surface area contributed by atoms with E-state index in [-0.39, 0.29) is 35.8 Å². The van der Waals surface area contributed by atoms with Crippen LogP contribution >= 0.6 is 0 Å². The van der Waals surface area contributed by atoms with Crippen molar-refractivity contribution >= 4 is 17.3 Å². The van der Waals surface area contributed by atoms with Gasteiger partial charge in [0.2, 0.25) is 5.91 Å². The molecule has 0 unspecified atom stereocenters. The van der Waals surface area contributed by atoms with Crippen LogP contribution in [0.4, 0.5) is 11.4 Å². The van der Waals surface area contributed by atoms with E-state index in [1.54, 1.807) is 25.1 Å². The Bertz CT molecular complexity index is 1090. The summed E-state index contributed by atoms with van der Waals surface area (Å²) >= 11 is 0. The van der Waals surface area contributed by atoms with Crippen LogP contribution in [0.15, 0.2) is 65.5 Å². The summed E-state index contributed by atoms with van der Waals surface area (Å²) in [6.07, 6.45) is 0.478. The Morgan fingerprint density at radius 3 is 2.59 bits per heavy atom. The van der Waals surface area contributed by atoms with E-state index in [1.807, 2.05) is 30.3 Å². The van der Waals surface area contributed by atoms with E-state index in [0.29, 0.717) is 17.7 Å². The van der Waals surface area contributed by atoms with Crippen molar-refractivity contribution in [2.45, 2.75) is 26.3 Å². The first-order chi connectivity index (χ1) is 14.0. The maximum absolute atomic E-state index is 12.3. The highest BCUT2D eigenvalue weighted by Gasteiger charge is 2.17. The van der Waals surface area contributed by atoms with Crippen molar-refractivity contribution in [2.75, 3.05) is 5.32 Å². The van der Waals surface area contributed by atoms with Gasteiger partial charge in [-0.3, -0.25) is 19.7 Å². The topological polar surface area (TPSA) is 107 Å². The summed E-state index contributed by atoms with van der Waals surface area (Å²) in [5, 5.41) is 18.1. The Labute approximate surface area is 167 Å². The molecule has 0 fully saturated rings. The van der Waals surface area contributed by atoms with E-state index in [0.717, 1.165) is 5.56 Å². The molecule has 0 saturated heterocycles. The van der Waals surface area contributed by atoms with Crippen LogP contribution in [0.3, 0.4) is 0 Å². The lowest BCUT2D eigenvalue weighted by Crippen LogP contribution is -2.23. The summed E-state index contributed by atoms with van der Waals surface area (Å²) in [5.74, 6) is -0.352. The first-order valence-electron chi connectivity index (χ1n) is 9.13. The van der Waals surface area contributed by atoms with Gasteiger partial charge in [-0.1, -0.05) is 42.5 Å². The van der Waals surface area contributed by atoms with Gasteiger partial charge in [0.15, 0.2) is 0 Å². The number of hydrogen-bond donors (Lipinski definition) is 1. The van der Waals surface area contributed by atoms with Gasteiger partial charge in [-0.25, -0.2) is 4.68 Å². The Morgan fingerprint density at radius 2 is 1.86 bits per heavy atom. The van der Waals surface area contributed by atoms with Gasteiger partial charge in [0.05, 0.1) is 10.6 Å². The zero-order valence-electron chi connectivity index (χ0n) is 15.9. The number of nitro groups is 1. The first-order valence-corrected chi connectivity index (χ1v) is 9.13. The molecule has 1 aromatic heterocycles. The number of benzene rings is 2. The summed E-state index contributed by atoms with van der Waals surface area (Å²) in [4.78, 5) is 34.9. The van der Waals surface area contributed by atoms with Gasteiger partial charge in [0.1, 0.15) is 5.69 Å². The molecule has 8 nitrogen and oxygen atoms in total. The molecule has 1 heterocycles. The highest BCUT2D eigenvalue weighted by molar-refractivity contribution is 5.94. The number of aryl methyl sites for hydroxylation is 2. The van der Waals surface area contributed by atoms with E-state index in [1.165, 1.54) is 16.8 Å². The number of para-hydroxylation sites is 1. The Morgan fingerprint density at radius 1 is 1.10 bits per heavy atom. The van der Waals surface area contributed by atoms with Crippen molar-refractivity contribution in [1.29, 1.82) is 0 Å². The molecular formula is C21H20N4O4. The zero-order valence-corrected chi connectivity index (χ0v) is 15.9. The summed E-state index contributed by atoms with van der Waals surface area (Å²) in [6, 6.07) is 17.2. The van der Waals surface area contributed by atoms with Crippen LogP contribution in [0.2, 0.25) is 0 Å². The molecule has 3 rings (SSSR count). The van der Waals surface area contributed by atoms with Crippen LogP contribution < -0.4 is 10.9 Å². The average molecular weight is 392 g/mol. The molecule has 148 valence electrons. The number of nitrogens with one attached hydrogen (secondary N) is 1. The number of carbonyl (C=O) groups is 1. The van der Waals surface area contributed by atoms with Gasteiger partial charge in [0, 0.05) is 30.7 Å². The summed E-state index contributed by atoms with van der Waals surface area (Å²) in [5.41, 5.74) is 1.98. The number of amides is 1. The molecule has 0 atom stereocenters. The molecule has 3 aromatic rings. The van der Waals surface area contributed by atoms with E-state index in [9.17, 15) is 19.7 Å². The fourth-order valence-electron chi connectivity index (χ4n) is 2.93. The molecule has 29 heavy (non-hydrogen) atoms. The van der Waals surface area contributed by atoms with Gasteiger partial charge in [0.25, 0.3) is 11.2 Å². The Hall–Kier alpha value is -3.81. The monoisotopic (exact) mass is 392 g/mol. The molecular weight excluding hydrogens is 372 g/mol. The van der Waals surface area contributed by atoms with Crippen LogP contribution in [-0.4, -0.2) is 20.6 Å². The fourth-order valence-corrected chi connectivity index (χ4v) is 2.93. The van der Waals surface area contributed by atoms with Crippen LogP contribution in [-0.2, 0) is 11.3 Å². The third-order valence-electron chi connectivity index (χ3n) is 4.42. The summed E-state index contributed by atoms with van der Waals surface area (Å²) in [6.45, 7) is 1.96. The maximum atomic E-state index is 12.3. The van der Waals surface area contributed by atoms with Gasteiger partial charge >= 0.3 is 0 Å². The lowest BCUT2D eigenvalue weighted by Gasteiger charge is -2.10. The van der Waals surface area contributed by atoms with Crippen molar-refractivity contribution in [3.8, 4) is 11.3 Å². The van der Waals surface area contributed by atoms with Crippen molar-refractivity contribution in [3.63, 3.8) is 0 Å². The third-order valence-corrected chi connectivity index (χ3v) is 4.42. The second-order valence-corrected chi connectivity index (χ2v) is 6.52. The quantitative estimate of drug-likeness (QED) is 0.489. The molecule has 0 radical (unpaired) electrons. The van der Waals surface area contributed by atoms with Gasteiger partial charge in [-0.2, -0.15) is 5.10 Å². The minimum absolute atomic E-state index is 0.106. The highest BCUT2D eigenvalue weighted by atomic mass is 16.6. The van der Waals surface area contributed by atoms with Crippen molar-refractivity contribution in [2.24, 2.45) is 0 Å². The summed E-state index contributed by atoms with van der Waals surface area (Å²) in [7, 11) is 0. The van der Waals surface area contributed by atoms with E-state index >= 15 is 0 Å². The molecule has 1 N–H and O–H groups in total. The second kappa shape index (κ2) is 8.92. The number of nitro benzene ring substituents is 1. The van der Waals surface area contributed by atoms with Crippen LogP contribution in [0.5, 0.6) is 0 Å². The lowest BCUT2D eigenvalue weighted by atomic mass is 10.1. The standard InChI is InChI=1S/C21H20N4O4/c1-15-7-5-10-18(25(28)29)21(15)22-19(26)11-6-14-24-20(27)13-12-17(23-24)16-8-3-2-4-9-16/h2-5,7-10,12-13H,6,11,14H2,1H3,(H,22,26). The molecule has 0 aliphatic carbocycles. The molecule has 0 spiro atoms. The second-order valence-electron chi connectivity index (χ2n) is 6.52. The number of carbonyl (C=O) groups excluding carboxylic acids is 1. The largest absolute Gasteiger partial charge is 0.320 e. The number of nitrogens with zero attached hydrogens (tertiary/aromatic N) is 3. The van der Waals surface area contributed by atoms with Gasteiger partial charge in [-0.15, -0.1) is 0 Å². The van der Waals surface area contributed by atoms with Crippen LogP contribution in [0.1, 0.15) is 18.4 Å². The SMILES string of the molecule is Cc1cccc([N+](=O)[O-])c1NC(=O)CCCn1nc(-c2ccccc2)ccc1=O. The van der Waals surface area contributed by atoms with E-state index < -0.39 is 4.92 Å². The molecule has 0 bridgehead atoms. The predicted octanol–water partition coefficient (Wildman–Crippen LogP) is 3.55. The average Bonchev–Trinajstić information content (AvgIpc) is 2.71. The third kappa shape index (κ3) is 4.92. The first kappa shape index (κ1) is 19.9. The van der Waals surface area contributed by atoms with Crippen molar-refractivity contribution in [1.82, 2.24) is 9.78 Å². The number of aromatic nitrogens is 2. The highest BCUT2D eigenvalue weighted by Crippen LogP contribution is 2.27. The Kier molecular flexibility index (Phi) is 6.13. The lowest BCUT2D eigenvalue weighted by molar-refractivity contribution is -0.384. The molecule has 2 aromatic carbocycles. The van der Waals surface area contributed by atoms with E-state index in [2.05, 4.69) is 10.4 Å². The normalized spacial score (nSPS) is 10.5. The van der Waals surface area contributed by atoms with Gasteiger partial charge < -0.3 is 5.32 Å². The maximum Gasteiger partial charge on any atom is 0.293 e. The molecule has 0 aliphatic rings. The minimum atomic E-state index is -0.527. The van der Waals surface area contributed by atoms with Crippen molar-refractivity contribution in [3.05, 3.63) is 86.7 Å². The predicted molar refractivity (Wildman–Crippen MR) is 110 cm³/mol. The van der Waals surface area contributed by atoms with Gasteiger partial charge in [-0.05, 0) is 25.0 Å². The van der Waals surface area contributed by atoms with Crippen molar-refractivity contribution < 1.29 is 9.72 Å². The molecule has 0 saturated carbocycles.